The summed E-state index contributed by atoms with van der Waals surface area (Å²) in [7, 11) is 0. The molecule has 3 nitrogen and oxygen atoms in total. The summed E-state index contributed by atoms with van der Waals surface area (Å²) < 4.78 is 0. The van der Waals surface area contributed by atoms with Crippen molar-refractivity contribution in [3.8, 4) is 0 Å². The number of benzene rings is 2. The van der Waals surface area contributed by atoms with Gasteiger partial charge in [-0.2, -0.15) is 0 Å². The Kier molecular flexibility index (Phi) is 2.32. The molecule has 2 rings (SSSR count). The van der Waals surface area contributed by atoms with Crippen LogP contribution in [0.1, 0.15) is 0 Å². The van der Waals surface area contributed by atoms with Gasteiger partial charge in [0.1, 0.15) is 0 Å². The van der Waals surface area contributed by atoms with Crippen molar-refractivity contribution in [2.75, 3.05) is 0 Å². The first-order valence-corrected chi connectivity index (χ1v) is 4.24. The summed E-state index contributed by atoms with van der Waals surface area (Å²) in [5.41, 5.74) is 0.718. The van der Waals surface area contributed by atoms with Crippen molar-refractivity contribution in [3.63, 3.8) is 0 Å². The van der Waals surface area contributed by atoms with Gasteiger partial charge >= 0.3 is 0 Å². The van der Waals surface area contributed by atoms with Gasteiger partial charge in [-0.1, -0.05) is 36.4 Å². The molecule has 0 radical (unpaired) electrons. The Bertz CT molecular complexity index is 486. The highest BCUT2D eigenvalue weighted by molar-refractivity contribution is 5.92. The Morgan fingerprint density at radius 3 is 2.64 bits per heavy atom. The maximum atomic E-state index is 10.1. The topological polar surface area (TPSA) is 41.8 Å². The summed E-state index contributed by atoms with van der Waals surface area (Å²) >= 11 is 0. The van der Waals surface area contributed by atoms with Crippen LogP contribution in [0.3, 0.4) is 0 Å². The standard InChI is InChI=1S/C11H8N2O/c14-8-12-13-11-7-3-5-9-4-1-2-6-10(9)11/h1-8H/b13-12+. The summed E-state index contributed by atoms with van der Waals surface area (Å²) in [6.45, 7) is 0. The molecule has 0 aliphatic rings. The quantitative estimate of drug-likeness (QED) is 0.522. The van der Waals surface area contributed by atoms with Crippen LogP contribution in [0.2, 0.25) is 0 Å². The summed E-state index contributed by atoms with van der Waals surface area (Å²) in [6.07, 6.45) is 0.432. The highest BCUT2D eigenvalue weighted by Crippen LogP contribution is 2.25. The predicted octanol–water partition coefficient (Wildman–Crippen LogP) is 3.08. The van der Waals surface area contributed by atoms with Gasteiger partial charge in [-0.25, -0.2) is 0 Å². The number of rotatable bonds is 2. The Balaban J connectivity index is 2.64. The third kappa shape index (κ3) is 1.52. The molecule has 3 heteroatoms. The van der Waals surface area contributed by atoms with Crippen LogP contribution in [0.5, 0.6) is 0 Å². The van der Waals surface area contributed by atoms with E-state index in [4.69, 9.17) is 0 Å². The van der Waals surface area contributed by atoms with E-state index in [1.165, 1.54) is 0 Å². The van der Waals surface area contributed by atoms with Gasteiger partial charge < -0.3 is 0 Å². The van der Waals surface area contributed by atoms with E-state index in [1.54, 1.807) is 0 Å². The number of carbonyl (C=O) groups is 1. The van der Waals surface area contributed by atoms with Crippen LogP contribution >= 0.6 is 0 Å². The Morgan fingerprint density at radius 2 is 1.79 bits per heavy atom. The lowest BCUT2D eigenvalue weighted by Crippen LogP contribution is -1.72. The lowest BCUT2D eigenvalue weighted by molar-refractivity contribution is -0.107. The average molecular weight is 184 g/mol. The van der Waals surface area contributed by atoms with Crippen molar-refractivity contribution in [1.82, 2.24) is 0 Å². The zero-order valence-electron chi connectivity index (χ0n) is 7.42. The minimum atomic E-state index is 0.432. The number of hydrogen-bond acceptors (Lipinski definition) is 2. The van der Waals surface area contributed by atoms with Crippen LogP contribution in [0, 0.1) is 0 Å². The monoisotopic (exact) mass is 184 g/mol. The number of amides is 1. The van der Waals surface area contributed by atoms with Crippen molar-refractivity contribution in [3.05, 3.63) is 42.5 Å². The van der Waals surface area contributed by atoms with Crippen molar-refractivity contribution in [1.29, 1.82) is 0 Å². The molecule has 68 valence electrons. The van der Waals surface area contributed by atoms with Crippen LogP contribution < -0.4 is 0 Å². The molecule has 1 amide bonds. The summed E-state index contributed by atoms with van der Waals surface area (Å²) in [4.78, 5) is 10.1. The van der Waals surface area contributed by atoms with Crippen LogP contribution in [-0.2, 0) is 4.79 Å². The van der Waals surface area contributed by atoms with Gasteiger partial charge in [-0.15, -0.1) is 10.2 Å². The van der Waals surface area contributed by atoms with Gasteiger partial charge in [0, 0.05) is 5.39 Å². The minimum Gasteiger partial charge on any atom is -0.275 e. The van der Waals surface area contributed by atoms with Crippen LogP contribution in [-0.4, -0.2) is 6.41 Å². The highest BCUT2D eigenvalue weighted by atomic mass is 16.1. The van der Waals surface area contributed by atoms with E-state index in [1.807, 2.05) is 42.5 Å². The maximum Gasteiger partial charge on any atom is 0.252 e. The van der Waals surface area contributed by atoms with Crippen molar-refractivity contribution < 1.29 is 4.79 Å². The smallest absolute Gasteiger partial charge is 0.252 e. The number of hydrogen-bond donors (Lipinski definition) is 0. The Hall–Kier alpha value is -2.03. The SMILES string of the molecule is O=C/N=N/c1cccc2ccccc12. The first-order chi connectivity index (χ1) is 6.92. The molecular formula is C11H8N2O. The fraction of sp³-hybridized carbons (Fsp3) is 0. The van der Waals surface area contributed by atoms with E-state index < -0.39 is 0 Å². The molecule has 0 aromatic heterocycles. The number of carbonyl (C=O) groups excluding carboxylic acids is 1. The number of nitrogens with zero attached hydrogens (tertiary/aromatic N) is 2. The molecule has 0 saturated heterocycles. The van der Waals surface area contributed by atoms with Crippen LogP contribution in [0.4, 0.5) is 5.69 Å². The second-order valence-electron chi connectivity index (χ2n) is 2.82. The third-order valence-corrected chi connectivity index (χ3v) is 1.98. The van der Waals surface area contributed by atoms with E-state index in [0.717, 1.165) is 16.5 Å². The molecule has 0 bridgehead atoms. The molecule has 0 N–H and O–H groups in total. The van der Waals surface area contributed by atoms with Gasteiger partial charge in [0.15, 0.2) is 0 Å². The molecule has 0 spiro atoms. The molecule has 0 heterocycles. The molecule has 14 heavy (non-hydrogen) atoms. The Morgan fingerprint density at radius 1 is 1.00 bits per heavy atom. The molecular weight excluding hydrogens is 176 g/mol. The van der Waals surface area contributed by atoms with E-state index >= 15 is 0 Å². The molecule has 0 aliphatic carbocycles. The van der Waals surface area contributed by atoms with Crippen molar-refractivity contribution >= 4 is 22.9 Å². The van der Waals surface area contributed by atoms with E-state index in [0.29, 0.717) is 6.41 Å². The number of azo groups is 1. The lowest BCUT2D eigenvalue weighted by atomic mass is 10.1. The maximum absolute atomic E-state index is 10.1. The van der Waals surface area contributed by atoms with E-state index in [2.05, 4.69) is 10.2 Å². The van der Waals surface area contributed by atoms with E-state index in [-0.39, 0.29) is 0 Å². The van der Waals surface area contributed by atoms with Crippen LogP contribution in [0.15, 0.2) is 52.7 Å². The van der Waals surface area contributed by atoms with Gasteiger partial charge in [-0.05, 0) is 11.5 Å². The second kappa shape index (κ2) is 3.79. The van der Waals surface area contributed by atoms with E-state index in [9.17, 15) is 4.79 Å². The zero-order valence-corrected chi connectivity index (χ0v) is 7.42. The molecule has 0 fully saturated rings. The summed E-state index contributed by atoms with van der Waals surface area (Å²) in [5.74, 6) is 0. The highest BCUT2D eigenvalue weighted by Gasteiger charge is 1.97. The third-order valence-electron chi connectivity index (χ3n) is 1.98. The molecule has 0 atom stereocenters. The summed E-state index contributed by atoms with van der Waals surface area (Å²) in [5, 5.41) is 9.24. The van der Waals surface area contributed by atoms with Crippen LogP contribution in [0.25, 0.3) is 10.8 Å². The molecule has 2 aromatic carbocycles. The van der Waals surface area contributed by atoms with Gasteiger partial charge in [0.25, 0.3) is 6.41 Å². The fourth-order valence-electron chi connectivity index (χ4n) is 1.38. The first-order valence-electron chi connectivity index (χ1n) is 4.24. The normalized spacial score (nSPS) is 10.9. The van der Waals surface area contributed by atoms with Gasteiger partial charge in [-0.3, -0.25) is 4.79 Å². The van der Waals surface area contributed by atoms with Crippen molar-refractivity contribution in [2.24, 2.45) is 10.2 Å². The van der Waals surface area contributed by atoms with Crippen molar-refractivity contribution in [2.45, 2.75) is 0 Å². The second-order valence-corrected chi connectivity index (χ2v) is 2.82. The predicted molar refractivity (Wildman–Crippen MR) is 54.5 cm³/mol. The molecule has 0 unspecified atom stereocenters. The minimum absolute atomic E-state index is 0.432. The molecule has 0 saturated carbocycles. The zero-order chi connectivity index (χ0) is 9.80. The largest absolute Gasteiger partial charge is 0.275 e. The van der Waals surface area contributed by atoms with Gasteiger partial charge in [0.2, 0.25) is 0 Å². The average Bonchev–Trinajstić information content (AvgIpc) is 2.26. The lowest BCUT2D eigenvalue weighted by Gasteiger charge is -1.98. The Labute approximate surface area is 81.1 Å². The summed E-state index contributed by atoms with van der Waals surface area (Å²) in [6, 6.07) is 13.6. The number of fused-ring (bicyclic) bond motifs is 1. The molecule has 2 aromatic rings. The fourth-order valence-corrected chi connectivity index (χ4v) is 1.38. The first kappa shape index (κ1) is 8.56. The van der Waals surface area contributed by atoms with Gasteiger partial charge in [0.05, 0.1) is 5.69 Å². The molecule has 0 aliphatic heterocycles.